The number of carbonyl (C=O) groups excluding carboxylic acids is 1. The van der Waals surface area contributed by atoms with Crippen LogP contribution in [0.25, 0.3) is 0 Å². The number of hydrogen-bond acceptors (Lipinski definition) is 8. The van der Waals surface area contributed by atoms with Crippen molar-refractivity contribution in [2.24, 2.45) is 4.99 Å². The predicted molar refractivity (Wildman–Crippen MR) is 137 cm³/mol. The van der Waals surface area contributed by atoms with E-state index in [-0.39, 0.29) is 18.3 Å². The largest absolute Gasteiger partial charge is 0.497 e. The number of aryl methyl sites for hydroxylation is 2. The Morgan fingerprint density at radius 3 is 2.56 bits per heavy atom. The van der Waals surface area contributed by atoms with Crippen LogP contribution in [0.3, 0.4) is 0 Å². The lowest BCUT2D eigenvalue weighted by atomic mass is 10.1. The first-order valence-electron chi connectivity index (χ1n) is 11.6. The fourth-order valence-corrected chi connectivity index (χ4v) is 5.14. The number of ether oxygens (including phenoxy) is 1. The molecule has 190 valence electrons. The van der Waals surface area contributed by atoms with Gasteiger partial charge in [0.25, 0.3) is 0 Å². The molecule has 1 aliphatic rings. The molecule has 1 aromatic heterocycles. The topological polar surface area (TPSA) is 122 Å². The fourth-order valence-electron chi connectivity index (χ4n) is 3.93. The third-order valence-corrected chi connectivity index (χ3v) is 7.44. The average Bonchev–Trinajstić information content (AvgIpc) is 3.56. The van der Waals surface area contributed by atoms with E-state index in [1.54, 1.807) is 18.5 Å². The highest BCUT2D eigenvalue weighted by atomic mass is 32.2. The van der Waals surface area contributed by atoms with Gasteiger partial charge in [-0.2, -0.15) is 0 Å². The molecular weight excluding hydrogens is 480 g/mol. The molecule has 1 aliphatic heterocycles. The van der Waals surface area contributed by atoms with Crippen molar-refractivity contribution >= 4 is 22.7 Å². The van der Waals surface area contributed by atoms with Gasteiger partial charge >= 0.3 is 11.8 Å². The highest BCUT2D eigenvalue weighted by Crippen LogP contribution is 2.26. The van der Waals surface area contributed by atoms with Crippen LogP contribution < -0.4 is 15.4 Å². The summed E-state index contributed by atoms with van der Waals surface area (Å²) in [6.45, 7) is 6.01. The number of amidine groups is 1. The standard InChI is InChI=1S/C25H30N6O4S/c1-16-13-20(34-4)14-17(2)22(16)36(33)31(3)15-21-29-30-25(35-21)24(32)28-10-9-18-5-7-19(8-6-18)23-26-11-12-27-23/h5-8,13-14H,9-12,15H2,1-4H3,(H,26,27)(H,28,32). The number of nitrogens with one attached hydrogen (secondary N) is 2. The van der Waals surface area contributed by atoms with Crippen molar-refractivity contribution in [3.05, 3.63) is 70.4 Å². The molecule has 4 rings (SSSR count). The molecule has 2 N–H and O–H groups in total. The first-order valence-corrected chi connectivity index (χ1v) is 12.7. The van der Waals surface area contributed by atoms with Crippen LogP contribution in [-0.2, 0) is 24.0 Å². The maximum absolute atomic E-state index is 13.1. The average molecular weight is 511 g/mol. The van der Waals surface area contributed by atoms with Crippen LogP contribution in [-0.4, -0.2) is 64.2 Å². The van der Waals surface area contributed by atoms with E-state index in [1.165, 1.54) is 0 Å². The maximum Gasteiger partial charge on any atom is 0.308 e. The lowest BCUT2D eigenvalue weighted by molar-refractivity contribution is 0.0917. The Bertz CT molecular complexity index is 1260. The maximum atomic E-state index is 13.1. The third kappa shape index (κ3) is 5.97. The van der Waals surface area contributed by atoms with Crippen LogP contribution in [0.5, 0.6) is 5.75 Å². The van der Waals surface area contributed by atoms with Crippen LogP contribution in [0.4, 0.5) is 0 Å². The Kier molecular flexibility index (Phi) is 8.11. The van der Waals surface area contributed by atoms with Crippen LogP contribution in [0.1, 0.15) is 38.8 Å². The molecule has 0 saturated carbocycles. The molecule has 1 atom stereocenters. The number of rotatable bonds is 10. The molecule has 1 amide bonds. The number of carbonyl (C=O) groups is 1. The zero-order valence-electron chi connectivity index (χ0n) is 20.8. The molecule has 11 heteroatoms. The minimum absolute atomic E-state index is 0.123. The van der Waals surface area contributed by atoms with Gasteiger partial charge in [-0.05, 0) is 49.1 Å². The quantitative estimate of drug-likeness (QED) is 0.429. The van der Waals surface area contributed by atoms with E-state index < -0.39 is 16.9 Å². The summed E-state index contributed by atoms with van der Waals surface area (Å²) in [5, 5.41) is 13.9. The number of amides is 1. The van der Waals surface area contributed by atoms with Gasteiger partial charge in [0.05, 0.1) is 25.1 Å². The SMILES string of the molecule is COc1cc(C)c(S(=O)N(C)Cc2nnc(C(=O)NCCc3ccc(C4=NCCN4)cc3)o2)c(C)c1. The summed E-state index contributed by atoms with van der Waals surface area (Å²) >= 11 is 0. The molecule has 10 nitrogen and oxygen atoms in total. The minimum Gasteiger partial charge on any atom is -0.497 e. The van der Waals surface area contributed by atoms with E-state index in [2.05, 4.69) is 25.8 Å². The van der Waals surface area contributed by atoms with Gasteiger partial charge in [-0.3, -0.25) is 9.79 Å². The van der Waals surface area contributed by atoms with Gasteiger partial charge in [-0.1, -0.05) is 24.3 Å². The number of hydrogen-bond donors (Lipinski definition) is 2. The molecular formula is C25H30N6O4S. The molecule has 0 bridgehead atoms. The fraction of sp³-hybridized carbons (Fsp3) is 0.360. The molecule has 0 radical (unpaired) electrons. The molecule has 0 spiro atoms. The lowest BCUT2D eigenvalue weighted by Gasteiger charge is -2.18. The van der Waals surface area contributed by atoms with E-state index in [0.717, 1.165) is 41.2 Å². The van der Waals surface area contributed by atoms with Gasteiger partial charge in [0.15, 0.2) is 0 Å². The van der Waals surface area contributed by atoms with Crippen molar-refractivity contribution in [1.29, 1.82) is 0 Å². The van der Waals surface area contributed by atoms with Gasteiger partial charge in [-0.15, -0.1) is 10.2 Å². The van der Waals surface area contributed by atoms with E-state index >= 15 is 0 Å². The summed E-state index contributed by atoms with van der Waals surface area (Å²) in [4.78, 5) is 17.6. The monoisotopic (exact) mass is 510 g/mol. The molecule has 3 aromatic rings. The highest BCUT2D eigenvalue weighted by molar-refractivity contribution is 7.82. The minimum atomic E-state index is -1.45. The Labute approximate surface area is 212 Å². The number of methoxy groups -OCH3 is 1. The second-order valence-corrected chi connectivity index (χ2v) is 10.0. The summed E-state index contributed by atoms with van der Waals surface area (Å²) in [5.74, 6) is 1.28. The van der Waals surface area contributed by atoms with E-state index in [4.69, 9.17) is 9.15 Å². The third-order valence-electron chi connectivity index (χ3n) is 5.75. The summed E-state index contributed by atoms with van der Waals surface area (Å²) < 4.78 is 25.5. The highest BCUT2D eigenvalue weighted by Gasteiger charge is 2.21. The van der Waals surface area contributed by atoms with Gasteiger partial charge in [0, 0.05) is 25.7 Å². The molecule has 1 unspecified atom stereocenters. The zero-order chi connectivity index (χ0) is 25.7. The van der Waals surface area contributed by atoms with Gasteiger partial charge in [-0.25, -0.2) is 8.51 Å². The lowest BCUT2D eigenvalue weighted by Crippen LogP contribution is -2.26. The second kappa shape index (κ2) is 11.4. The summed E-state index contributed by atoms with van der Waals surface area (Å²) in [6, 6.07) is 11.8. The van der Waals surface area contributed by atoms with Crippen LogP contribution in [0.15, 0.2) is 50.7 Å². The van der Waals surface area contributed by atoms with Gasteiger partial charge in [0.1, 0.15) is 22.6 Å². The number of benzene rings is 2. The summed E-state index contributed by atoms with van der Waals surface area (Å²) in [7, 11) is 1.84. The molecule has 36 heavy (non-hydrogen) atoms. The van der Waals surface area contributed by atoms with Crippen molar-refractivity contribution in [1.82, 2.24) is 25.1 Å². The van der Waals surface area contributed by atoms with Crippen molar-refractivity contribution in [2.75, 3.05) is 33.8 Å². The summed E-state index contributed by atoms with van der Waals surface area (Å²) in [6.07, 6.45) is 0.662. The predicted octanol–water partition coefficient (Wildman–Crippen LogP) is 2.17. The smallest absolute Gasteiger partial charge is 0.308 e. The number of aliphatic imine (C=N–C) groups is 1. The molecule has 2 heterocycles. The summed E-state index contributed by atoms with van der Waals surface area (Å²) in [5.41, 5.74) is 3.88. The van der Waals surface area contributed by atoms with Crippen LogP contribution >= 0.6 is 0 Å². The Morgan fingerprint density at radius 2 is 1.92 bits per heavy atom. The molecule has 0 aliphatic carbocycles. The number of aromatic nitrogens is 2. The van der Waals surface area contributed by atoms with Gasteiger partial charge < -0.3 is 19.8 Å². The first-order chi connectivity index (χ1) is 17.4. The van der Waals surface area contributed by atoms with Crippen molar-refractivity contribution in [3.63, 3.8) is 0 Å². The Hall–Kier alpha value is -3.57. The number of nitrogens with zero attached hydrogens (tertiary/aromatic N) is 4. The van der Waals surface area contributed by atoms with Crippen LogP contribution in [0, 0.1) is 13.8 Å². The Morgan fingerprint density at radius 1 is 1.19 bits per heavy atom. The molecule has 0 saturated heterocycles. The van der Waals surface area contributed by atoms with Crippen LogP contribution in [0.2, 0.25) is 0 Å². The first kappa shape index (κ1) is 25.5. The van der Waals surface area contributed by atoms with E-state index in [1.807, 2.05) is 50.2 Å². The molecule has 0 fully saturated rings. The van der Waals surface area contributed by atoms with Gasteiger partial charge in [0.2, 0.25) is 5.89 Å². The molecule has 2 aromatic carbocycles. The van der Waals surface area contributed by atoms with Crippen molar-refractivity contribution < 1.29 is 18.2 Å². The van der Waals surface area contributed by atoms with Crippen molar-refractivity contribution in [3.8, 4) is 5.75 Å². The van der Waals surface area contributed by atoms with E-state index in [0.29, 0.717) is 23.6 Å². The van der Waals surface area contributed by atoms with Crippen molar-refractivity contribution in [2.45, 2.75) is 31.7 Å². The normalized spacial score (nSPS) is 13.9. The Balaban J connectivity index is 1.29. The zero-order valence-corrected chi connectivity index (χ0v) is 21.6. The second-order valence-electron chi connectivity index (χ2n) is 8.49. The van der Waals surface area contributed by atoms with E-state index in [9.17, 15) is 9.00 Å².